The lowest BCUT2D eigenvalue weighted by Crippen LogP contribution is -2.71. The minimum absolute atomic E-state index is 0.0264. The van der Waals surface area contributed by atoms with Crippen LogP contribution in [0.1, 0.15) is 48.5 Å². The number of amides is 2. The first-order valence-corrected chi connectivity index (χ1v) is 16.1. The fourth-order valence-corrected chi connectivity index (χ4v) is 5.56. The third-order valence-electron chi connectivity index (χ3n) is 7.43. The maximum Gasteiger partial charge on any atom is 0.303 e. The molecule has 0 aromatic heterocycles. The van der Waals surface area contributed by atoms with Gasteiger partial charge in [-0.3, -0.25) is 43.7 Å². The molecule has 2 fully saturated rings. The molecule has 53 heavy (non-hydrogen) atoms. The predicted molar refractivity (Wildman–Crippen MR) is 171 cm³/mol. The minimum Gasteiger partial charge on any atom is -0.463 e. The zero-order chi connectivity index (χ0) is 39.6. The summed E-state index contributed by atoms with van der Waals surface area (Å²) >= 11 is 0. The van der Waals surface area contributed by atoms with Gasteiger partial charge in [-0.05, 0) is 12.1 Å². The molecule has 0 spiro atoms. The Bertz CT molecular complexity index is 1540. The van der Waals surface area contributed by atoms with E-state index in [4.69, 9.17) is 42.6 Å². The molecule has 0 radical (unpaired) electrons. The number of ether oxygens (including phenoxy) is 9. The summed E-state index contributed by atoms with van der Waals surface area (Å²) in [5.74, 6) is -5.45. The van der Waals surface area contributed by atoms with Crippen LogP contribution in [0.15, 0.2) is 24.3 Å². The van der Waals surface area contributed by atoms with Gasteiger partial charge in [0.05, 0.1) is 4.92 Å². The number of carbonyl (C=O) groups is 7. The lowest BCUT2D eigenvalue weighted by atomic mass is 9.94. The Morgan fingerprint density at radius 1 is 0.623 bits per heavy atom. The van der Waals surface area contributed by atoms with Crippen molar-refractivity contribution in [1.29, 1.82) is 0 Å². The molecular formula is C32H41N3O18. The van der Waals surface area contributed by atoms with Crippen molar-refractivity contribution in [3.8, 4) is 5.75 Å². The normalized spacial score (nSPS) is 27.9. The Morgan fingerprint density at radius 3 is 1.47 bits per heavy atom. The summed E-state index contributed by atoms with van der Waals surface area (Å²) < 4.78 is 51.6. The average Bonchev–Trinajstić information content (AvgIpc) is 3.03. The fraction of sp³-hybridized carbons (Fsp3) is 0.594. The quantitative estimate of drug-likeness (QED) is 0.107. The van der Waals surface area contributed by atoms with Crippen LogP contribution in [0.3, 0.4) is 0 Å². The predicted octanol–water partition coefficient (Wildman–Crippen LogP) is -0.261. The van der Waals surface area contributed by atoms with Crippen LogP contribution in [0.4, 0.5) is 5.69 Å². The summed E-state index contributed by atoms with van der Waals surface area (Å²) in [4.78, 5) is 96.5. The molecule has 0 aliphatic carbocycles. The summed E-state index contributed by atoms with van der Waals surface area (Å²) in [6, 6.07) is 1.92. The molecule has 1 aromatic carbocycles. The van der Waals surface area contributed by atoms with Gasteiger partial charge in [0.2, 0.25) is 18.1 Å². The standard InChI is InChI=1S/C32H41N3O18/c1-14(36)33-25-30(49-20(7)42)28(24(13-46-17(4)39)51-31(25)50-22-10-8-21(9-11-22)35(43)44)53-32-26(34-15(2)37)29(48-19(6)41)27(47-18(5)40)23(52-32)12-45-16(3)38/h8-11,23-32H,12-13H2,1-7H3,(H,33,36)(H,34,37)/t23-,24-,25-,26-,27-,28?,29?,30-,31?,32+/m1/s1. The summed E-state index contributed by atoms with van der Waals surface area (Å²) in [5, 5.41) is 16.3. The monoisotopic (exact) mass is 755 g/mol. The van der Waals surface area contributed by atoms with Gasteiger partial charge in [0, 0.05) is 60.6 Å². The van der Waals surface area contributed by atoms with E-state index in [0.717, 1.165) is 60.6 Å². The van der Waals surface area contributed by atoms with Crippen LogP contribution >= 0.6 is 0 Å². The lowest BCUT2D eigenvalue weighted by molar-refractivity contribution is -0.384. The highest BCUT2D eigenvalue weighted by Crippen LogP contribution is 2.34. The van der Waals surface area contributed by atoms with Gasteiger partial charge in [0.1, 0.15) is 49.4 Å². The van der Waals surface area contributed by atoms with E-state index < -0.39 is 121 Å². The molecule has 0 saturated carbocycles. The van der Waals surface area contributed by atoms with Crippen molar-refractivity contribution in [2.24, 2.45) is 0 Å². The molecule has 21 heteroatoms. The van der Waals surface area contributed by atoms with Crippen LogP contribution in [0, 0.1) is 10.1 Å². The third kappa shape index (κ3) is 12.4. The average molecular weight is 756 g/mol. The van der Waals surface area contributed by atoms with E-state index in [1.165, 1.54) is 12.1 Å². The van der Waals surface area contributed by atoms with E-state index >= 15 is 0 Å². The first-order valence-electron chi connectivity index (χ1n) is 16.1. The SMILES string of the molecule is CC(=O)N[C@@H]1C(OC(C)=O)[C@H](OC(C)=O)[C@@H](COC(C)=O)O[C@H]1OC1[C@@H](COC(C)=O)OC(Oc2ccc([N+](=O)[O-])cc2)[C@H](NC(C)=O)[C@H]1OC(C)=O. The van der Waals surface area contributed by atoms with Gasteiger partial charge in [0.15, 0.2) is 24.6 Å². The molecule has 3 rings (SSSR count). The van der Waals surface area contributed by atoms with Gasteiger partial charge in [-0.2, -0.15) is 0 Å². The van der Waals surface area contributed by atoms with E-state index in [0.29, 0.717) is 0 Å². The molecule has 292 valence electrons. The van der Waals surface area contributed by atoms with Crippen molar-refractivity contribution in [2.75, 3.05) is 13.2 Å². The second-order valence-electron chi connectivity index (χ2n) is 11.8. The van der Waals surface area contributed by atoms with Crippen LogP contribution in [-0.4, -0.2) is 121 Å². The Hall–Kier alpha value is -5.41. The van der Waals surface area contributed by atoms with E-state index in [1.807, 2.05) is 0 Å². The summed E-state index contributed by atoms with van der Waals surface area (Å²) in [7, 11) is 0. The number of hydrogen-bond donors (Lipinski definition) is 2. The first kappa shape index (κ1) is 42.0. The lowest BCUT2D eigenvalue weighted by Gasteiger charge is -2.49. The smallest absolute Gasteiger partial charge is 0.303 e. The van der Waals surface area contributed by atoms with Gasteiger partial charge in [-0.25, -0.2) is 0 Å². The molecule has 2 aliphatic rings. The number of carbonyl (C=O) groups excluding carboxylic acids is 7. The fourth-order valence-electron chi connectivity index (χ4n) is 5.56. The summed E-state index contributed by atoms with van der Waals surface area (Å²) in [6.45, 7) is 6.47. The molecule has 2 N–H and O–H groups in total. The Labute approximate surface area is 302 Å². The van der Waals surface area contributed by atoms with E-state index in [9.17, 15) is 43.7 Å². The van der Waals surface area contributed by atoms with Gasteiger partial charge in [0.25, 0.3) is 5.69 Å². The molecule has 3 unspecified atom stereocenters. The molecule has 2 amide bonds. The molecule has 10 atom stereocenters. The van der Waals surface area contributed by atoms with Crippen LogP contribution in [0.5, 0.6) is 5.75 Å². The van der Waals surface area contributed by atoms with Crippen molar-refractivity contribution in [3.63, 3.8) is 0 Å². The number of esters is 5. The number of nitrogens with zero attached hydrogens (tertiary/aromatic N) is 1. The third-order valence-corrected chi connectivity index (χ3v) is 7.43. The van der Waals surface area contributed by atoms with Crippen molar-refractivity contribution < 1.29 is 81.1 Å². The topological polar surface area (TPSA) is 270 Å². The largest absolute Gasteiger partial charge is 0.463 e. The molecule has 21 nitrogen and oxygen atoms in total. The van der Waals surface area contributed by atoms with Crippen LogP contribution in [-0.2, 0) is 71.5 Å². The van der Waals surface area contributed by atoms with E-state index in [2.05, 4.69) is 10.6 Å². The van der Waals surface area contributed by atoms with Gasteiger partial charge < -0.3 is 53.3 Å². The highest BCUT2D eigenvalue weighted by atomic mass is 16.7. The van der Waals surface area contributed by atoms with Crippen molar-refractivity contribution >= 4 is 47.3 Å². The van der Waals surface area contributed by atoms with Crippen LogP contribution in [0.25, 0.3) is 0 Å². The maximum absolute atomic E-state index is 12.6. The van der Waals surface area contributed by atoms with E-state index in [-0.39, 0.29) is 11.4 Å². The zero-order valence-electron chi connectivity index (χ0n) is 29.8. The second-order valence-corrected chi connectivity index (χ2v) is 11.8. The maximum atomic E-state index is 12.6. The van der Waals surface area contributed by atoms with Crippen molar-refractivity contribution in [2.45, 2.75) is 110 Å². The highest BCUT2D eigenvalue weighted by molar-refractivity contribution is 5.74. The van der Waals surface area contributed by atoms with Gasteiger partial charge in [-0.15, -0.1) is 0 Å². The number of nitrogens with one attached hydrogen (secondary N) is 2. The number of nitro groups is 1. The molecule has 2 heterocycles. The number of hydrogen-bond acceptors (Lipinski definition) is 18. The van der Waals surface area contributed by atoms with Crippen LogP contribution in [0.2, 0.25) is 0 Å². The molecule has 0 bridgehead atoms. The van der Waals surface area contributed by atoms with Crippen molar-refractivity contribution in [3.05, 3.63) is 34.4 Å². The molecule has 2 saturated heterocycles. The number of benzene rings is 1. The van der Waals surface area contributed by atoms with Gasteiger partial charge >= 0.3 is 29.8 Å². The Balaban J connectivity index is 2.16. The number of non-ortho nitro benzene ring substituents is 1. The van der Waals surface area contributed by atoms with Crippen molar-refractivity contribution in [1.82, 2.24) is 10.6 Å². The van der Waals surface area contributed by atoms with Crippen LogP contribution < -0.4 is 15.4 Å². The van der Waals surface area contributed by atoms with Gasteiger partial charge in [-0.1, -0.05) is 0 Å². The minimum atomic E-state index is -1.72. The second kappa shape index (κ2) is 18.9. The number of nitro benzene ring substituents is 1. The molecule has 1 aromatic rings. The summed E-state index contributed by atoms with van der Waals surface area (Å²) in [6.07, 6.45) is -12.2. The first-order chi connectivity index (χ1) is 24.9. The zero-order valence-corrected chi connectivity index (χ0v) is 29.8. The Morgan fingerprint density at radius 2 is 1.04 bits per heavy atom. The van der Waals surface area contributed by atoms with E-state index in [1.54, 1.807) is 0 Å². The molecular weight excluding hydrogens is 714 g/mol. The summed E-state index contributed by atoms with van der Waals surface area (Å²) in [5.41, 5.74) is -0.254. The Kier molecular flexibility index (Phi) is 15.0. The highest BCUT2D eigenvalue weighted by Gasteiger charge is 2.56. The molecule has 2 aliphatic heterocycles. The number of rotatable bonds is 14.